The third-order valence-electron chi connectivity index (χ3n) is 3.73. The number of anilines is 1. The number of aromatic nitrogens is 1. The molecule has 1 aromatic rings. The predicted octanol–water partition coefficient (Wildman–Crippen LogP) is 3.78. The number of nitrogens with zero attached hydrogens (tertiary/aromatic N) is 2. The number of piperidine rings is 1. The monoisotopic (exact) mass is 282 g/mol. The summed E-state index contributed by atoms with van der Waals surface area (Å²) < 4.78 is 1.15. The number of hydrogen-bond acceptors (Lipinski definition) is 2. The highest BCUT2D eigenvalue weighted by Gasteiger charge is 2.26. The van der Waals surface area contributed by atoms with Gasteiger partial charge in [0.15, 0.2) is 0 Å². The van der Waals surface area contributed by atoms with Crippen molar-refractivity contribution in [3.05, 3.63) is 22.4 Å². The summed E-state index contributed by atoms with van der Waals surface area (Å²) in [5.41, 5.74) is 2.37. The molecule has 0 N–H and O–H groups in total. The molecule has 0 amide bonds. The van der Waals surface area contributed by atoms with E-state index in [1.807, 2.05) is 13.1 Å². The first-order chi connectivity index (χ1) is 7.61. The number of halogens is 1. The van der Waals surface area contributed by atoms with Gasteiger partial charge in [-0.05, 0) is 54.6 Å². The zero-order valence-electron chi connectivity index (χ0n) is 10.2. The van der Waals surface area contributed by atoms with Crippen molar-refractivity contribution in [3.8, 4) is 0 Å². The first kappa shape index (κ1) is 11.9. The maximum Gasteiger partial charge on any atom is 0.0621 e. The first-order valence-corrected chi connectivity index (χ1v) is 6.78. The van der Waals surface area contributed by atoms with Crippen molar-refractivity contribution in [1.29, 1.82) is 0 Å². The fraction of sp³-hybridized carbons (Fsp3) is 0.615. The lowest BCUT2D eigenvalue weighted by molar-refractivity contribution is 0.363. The van der Waals surface area contributed by atoms with E-state index in [2.05, 4.69) is 45.7 Å². The summed E-state index contributed by atoms with van der Waals surface area (Å²) >= 11 is 3.66. The molecule has 2 heterocycles. The van der Waals surface area contributed by atoms with E-state index in [1.54, 1.807) is 0 Å². The van der Waals surface area contributed by atoms with Gasteiger partial charge in [-0.3, -0.25) is 4.98 Å². The van der Waals surface area contributed by atoms with Gasteiger partial charge in [0, 0.05) is 18.8 Å². The van der Waals surface area contributed by atoms with E-state index in [-0.39, 0.29) is 0 Å². The van der Waals surface area contributed by atoms with Gasteiger partial charge >= 0.3 is 0 Å². The second-order valence-electron chi connectivity index (χ2n) is 4.78. The molecule has 0 radical (unpaired) electrons. The van der Waals surface area contributed by atoms with Gasteiger partial charge in [0.05, 0.1) is 15.9 Å². The SMILES string of the molecule is Cc1nccc(N2CCCC(C)C2C)c1Br. The van der Waals surface area contributed by atoms with Crippen LogP contribution in [0.25, 0.3) is 0 Å². The Morgan fingerprint density at radius 2 is 2.19 bits per heavy atom. The summed E-state index contributed by atoms with van der Waals surface area (Å²) in [5, 5.41) is 0. The lowest BCUT2D eigenvalue weighted by Gasteiger charge is -2.40. The molecule has 16 heavy (non-hydrogen) atoms. The second kappa shape index (κ2) is 4.74. The van der Waals surface area contributed by atoms with E-state index in [4.69, 9.17) is 0 Å². The van der Waals surface area contributed by atoms with E-state index in [0.717, 1.165) is 22.6 Å². The third-order valence-corrected chi connectivity index (χ3v) is 4.71. The molecule has 0 spiro atoms. The van der Waals surface area contributed by atoms with Crippen LogP contribution in [0, 0.1) is 12.8 Å². The van der Waals surface area contributed by atoms with Crippen LogP contribution in [0.3, 0.4) is 0 Å². The van der Waals surface area contributed by atoms with Crippen molar-refractivity contribution >= 4 is 21.6 Å². The highest BCUT2D eigenvalue weighted by Crippen LogP contribution is 2.34. The molecule has 1 fully saturated rings. The van der Waals surface area contributed by atoms with Crippen molar-refractivity contribution in [3.63, 3.8) is 0 Å². The molecule has 2 nitrogen and oxygen atoms in total. The molecule has 0 bridgehead atoms. The Bertz CT molecular complexity index is 378. The van der Waals surface area contributed by atoms with Crippen LogP contribution in [0.15, 0.2) is 16.7 Å². The van der Waals surface area contributed by atoms with Crippen LogP contribution in [0.5, 0.6) is 0 Å². The Kier molecular flexibility index (Phi) is 3.53. The molecular formula is C13H19BrN2. The highest BCUT2D eigenvalue weighted by atomic mass is 79.9. The van der Waals surface area contributed by atoms with Gasteiger partial charge in [-0.15, -0.1) is 0 Å². The summed E-state index contributed by atoms with van der Waals surface area (Å²) in [6.07, 6.45) is 4.54. The van der Waals surface area contributed by atoms with Gasteiger partial charge in [0.1, 0.15) is 0 Å². The number of pyridine rings is 1. The summed E-state index contributed by atoms with van der Waals surface area (Å²) in [6, 6.07) is 2.73. The average molecular weight is 283 g/mol. The lowest BCUT2D eigenvalue weighted by Crippen LogP contribution is -2.42. The fourth-order valence-electron chi connectivity index (χ4n) is 2.43. The summed E-state index contributed by atoms with van der Waals surface area (Å²) in [7, 11) is 0. The first-order valence-electron chi connectivity index (χ1n) is 5.99. The van der Waals surface area contributed by atoms with E-state index in [0.29, 0.717) is 6.04 Å². The normalized spacial score (nSPS) is 25.9. The molecule has 2 unspecified atom stereocenters. The molecular weight excluding hydrogens is 264 g/mol. The van der Waals surface area contributed by atoms with Crippen LogP contribution in [-0.2, 0) is 0 Å². The molecule has 3 heteroatoms. The van der Waals surface area contributed by atoms with E-state index in [9.17, 15) is 0 Å². The standard InChI is InChI=1S/C13H19BrN2/c1-9-5-4-8-16(11(9)3)12-6-7-15-10(2)13(12)14/h6-7,9,11H,4-5,8H2,1-3H3. The van der Waals surface area contributed by atoms with Crippen molar-refractivity contribution in [2.24, 2.45) is 5.92 Å². The Labute approximate surface area is 106 Å². The molecule has 0 aliphatic carbocycles. The van der Waals surface area contributed by atoms with E-state index in [1.165, 1.54) is 18.5 Å². The van der Waals surface area contributed by atoms with Crippen LogP contribution in [-0.4, -0.2) is 17.6 Å². The molecule has 1 aromatic heterocycles. The highest BCUT2D eigenvalue weighted by molar-refractivity contribution is 9.10. The topological polar surface area (TPSA) is 16.1 Å². The Morgan fingerprint density at radius 1 is 1.44 bits per heavy atom. The van der Waals surface area contributed by atoms with E-state index >= 15 is 0 Å². The molecule has 0 saturated carbocycles. The minimum absolute atomic E-state index is 0.617. The molecule has 1 aliphatic rings. The fourth-order valence-corrected chi connectivity index (χ4v) is 2.89. The Morgan fingerprint density at radius 3 is 2.94 bits per heavy atom. The maximum absolute atomic E-state index is 4.30. The minimum atomic E-state index is 0.617. The van der Waals surface area contributed by atoms with Crippen molar-refractivity contribution in [1.82, 2.24) is 4.98 Å². The smallest absolute Gasteiger partial charge is 0.0621 e. The third kappa shape index (κ3) is 2.10. The molecule has 0 aromatic carbocycles. The molecule has 1 saturated heterocycles. The van der Waals surface area contributed by atoms with Crippen molar-refractivity contribution in [2.75, 3.05) is 11.4 Å². The van der Waals surface area contributed by atoms with Gasteiger partial charge in [0.25, 0.3) is 0 Å². The molecule has 2 atom stereocenters. The van der Waals surface area contributed by atoms with Gasteiger partial charge in [-0.1, -0.05) is 6.92 Å². The largest absolute Gasteiger partial charge is 0.368 e. The van der Waals surface area contributed by atoms with Crippen LogP contribution in [0.2, 0.25) is 0 Å². The van der Waals surface area contributed by atoms with Crippen molar-refractivity contribution in [2.45, 2.75) is 39.7 Å². The number of hydrogen-bond donors (Lipinski definition) is 0. The summed E-state index contributed by atoms with van der Waals surface area (Å²) in [5.74, 6) is 0.772. The summed E-state index contributed by atoms with van der Waals surface area (Å²) in [6.45, 7) is 7.88. The van der Waals surface area contributed by atoms with Crippen LogP contribution in [0.4, 0.5) is 5.69 Å². The summed E-state index contributed by atoms with van der Waals surface area (Å²) in [4.78, 5) is 6.81. The van der Waals surface area contributed by atoms with Crippen LogP contribution >= 0.6 is 15.9 Å². The predicted molar refractivity (Wildman–Crippen MR) is 71.9 cm³/mol. The Balaban J connectivity index is 2.32. The number of aryl methyl sites for hydroxylation is 1. The maximum atomic E-state index is 4.30. The zero-order valence-corrected chi connectivity index (χ0v) is 11.8. The lowest BCUT2D eigenvalue weighted by atomic mass is 9.91. The zero-order chi connectivity index (χ0) is 11.7. The van der Waals surface area contributed by atoms with Crippen LogP contribution in [0.1, 0.15) is 32.4 Å². The number of rotatable bonds is 1. The van der Waals surface area contributed by atoms with Crippen molar-refractivity contribution < 1.29 is 0 Å². The second-order valence-corrected chi connectivity index (χ2v) is 5.58. The van der Waals surface area contributed by atoms with Gasteiger partial charge in [-0.25, -0.2) is 0 Å². The van der Waals surface area contributed by atoms with Crippen LogP contribution < -0.4 is 4.90 Å². The molecule has 2 rings (SSSR count). The molecule has 88 valence electrons. The quantitative estimate of drug-likeness (QED) is 0.779. The minimum Gasteiger partial charge on any atom is -0.368 e. The van der Waals surface area contributed by atoms with Gasteiger partial charge in [-0.2, -0.15) is 0 Å². The average Bonchev–Trinajstić information content (AvgIpc) is 2.27. The van der Waals surface area contributed by atoms with E-state index < -0.39 is 0 Å². The molecule has 1 aliphatic heterocycles. The van der Waals surface area contributed by atoms with Gasteiger partial charge < -0.3 is 4.90 Å². The Hall–Kier alpha value is -0.570. The van der Waals surface area contributed by atoms with Gasteiger partial charge in [0.2, 0.25) is 0 Å².